The summed E-state index contributed by atoms with van der Waals surface area (Å²) in [4.78, 5) is 4.26. The van der Waals surface area contributed by atoms with Crippen LogP contribution in [0.4, 0.5) is 0 Å². The first-order valence-electron chi connectivity index (χ1n) is 5.56. The average molecular weight is 361 g/mol. The zero-order chi connectivity index (χ0) is 14.0. The Bertz CT molecular complexity index is 676. The number of halogens is 1. The van der Waals surface area contributed by atoms with E-state index in [-0.39, 0.29) is 6.54 Å². The first-order chi connectivity index (χ1) is 8.88. The summed E-state index contributed by atoms with van der Waals surface area (Å²) in [6.07, 6.45) is 0. The number of nitrogens with one attached hydrogen (secondary N) is 1. The Morgan fingerprint density at radius 3 is 2.68 bits per heavy atom. The molecule has 0 unspecified atom stereocenters. The van der Waals surface area contributed by atoms with E-state index >= 15 is 0 Å². The molecule has 2 heterocycles. The van der Waals surface area contributed by atoms with Gasteiger partial charge >= 0.3 is 0 Å². The average Bonchev–Trinajstić information content (AvgIpc) is 2.68. The molecule has 0 amide bonds. The van der Waals surface area contributed by atoms with Gasteiger partial charge in [0, 0.05) is 5.69 Å². The summed E-state index contributed by atoms with van der Waals surface area (Å²) in [5.74, 6) is 0. The Morgan fingerprint density at radius 2 is 2.11 bits per heavy atom. The van der Waals surface area contributed by atoms with Crippen molar-refractivity contribution in [3.63, 3.8) is 0 Å². The van der Waals surface area contributed by atoms with E-state index in [1.54, 1.807) is 12.1 Å². The van der Waals surface area contributed by atoms with E-state index in [4.69, 9.17) is 0 Å². The number of pyridine rings is 1. The van der Waals surface area contributed by atoms with E-state index in [1.165, 1.54) is 11.3 Å². The van der Waals surface area contributed by atoms with Crippen molar-refractivity contribution in [3.05, 3.63) is 45.0 Å². The Labute approximate surface area is 125 Å². The molecule has 7 heteroatoms. The molecule has 0 aliphatic heterocycles. The summed E-state index contributed by atoms with van der Waals surface area (Å²) >= 11 is 4.53. The van der Waals surface area contributed by atoms with Gasteiger partial charge in [-0.15, -0.1) is 11.3 Å². The summed E-state index contributed by atoms with van der Waals surface area (Å²) in [6.45, 7) is 3.93. The fourth-order valence-corrected chi connectivity index (χ4v) is 4.77. The van der Waals surface area contributed by atoms with Crippen LogP contribution in [-0.4, -0.2) is 13.4 Å². The van der Waals surface area contributed by atoms with Crippen molar-refractivity contribution in [2.24, 2.45) is 0 Å². The van der Waals surface area contributed by atoms with E-state index in [9.17, 15) is 8.42 Å². The van der Waals surface area contributed by atoms with E-state index in [0.29, 0.717) is 9.90 Å². The number of hydrogen-bond acceptors (Lipinski definition) is 4. The molecular weight excluding hydrogens is 348 g/mol. The number of nitrogens with zero attached hydrogens (tertiary/aromatic N) is 1. The van der Waals surface area contributed by atoms with Gasteiger partial charge in [0.15, 0.2) is 0 Å². The maximum absolute atomic E-state index is 12.1. The van der Waals surface area contributed by atoms with Crippen molar-refractivity contribution in [2.45, 2.75) is 24.6 Å². The number of aromatic nitrogens is 1. The second-order valence-electron chi connectivity index (χ2n) is 4.12. The minimum atomic E-state index is -3.47. The Morgan fingerprint density at radius 1 is 1.37 bits per heavy atom. The van der Waals surface area contributed by atoms with Gasteiger partial charge in [0.2, 0.25) is 10.0 Å². The predicted molar refractivity (Wildman–Crippen MR) is 79.8 cm³/mol. The molecule has 1 N–H and O–H groups in total. The van der Waals surface area contributed by atoms with Crippen LogP contribution in [0.15, 0.2) is 32.3 Å². The second kappa shape index (κ2) is 5.70. The van der Waals surface area contributed by atoms with Crippen molar-refractivity contribution < 1.29 is 8.42 Å². The summed E-state index contributed by atoms with van der Waals surface area (Å²) in [6, 6.07) is 7.18. The molecule has 4 nitrogen and oxygen atoms in total. The van der Waals surface area contributed by atoms with Crippen molar-refractivity contribution in [1.29, 1.82) is 0 Å². The van der Waals surface area contributed by atoms with Gasteiger partial charge in [0.25, 0.3) is 0 Å². The third-order valence-corrected chi connectivity index (χ3v) is 6.50. The molecule has 19 heavy (non-hydrogen) atoms. The number of hydrogen-bond donors (Lipinski definition) is 1. The van der Waals surface area contributed by atoms with Crippen LogP contribution < -0.4 is 4.72 Å². The van der Waals surface area contributed by atoms with Gasteiger partial charge < -0.3 is 0 Å². The summed E-state index contributed by atoms with van der Waals surface area (Å²) in [5.41, 5.74) is 2.49. The normalized spacial score (nSPS) is 11.7. The lowest BCUT2D eigenvalue weighted by molar-refractivity contribution is 0.582. The van der Waals surface area contributed by atoms with Gasteiger partial charge in [0.1, 0.15) is 4.21 Å². The van der Waals surface area contributed by atoms with Crippen LogP contribution in [0.25, 0.3) is 0 Å². The monoisotopic (exact) mass is 360 g/mol. The van der Waals surface area contributed by atoms with Crippen LogP contribution in [0.5, 0.6) is 0 Å². The minimum Gasteiger partial charge on any atom is -0.257 e. The van der Waals surface area contributed by atoms with Crippen LogP contribution in [0.2, 0.25) is 0 Å². The zero-order valence-corrected chi connectivity index (χ0v) is 13.7. The molecule has 102 valence electrons. The van der Waals surface area contributed by atoms with Crippen molar-refractivity contribution in [2.75, 3.05) is 0 Å². The zero-order valence-electron chi connectivity index (χ0n) is 10.5. The smallest absolute Gasteiger partial charge is 0.250 e. The van der Waals surface area contributed by atoms with Crippen LogP contribution in [0, 0.1) is 13.8 Å². The molecular formula is C12H13BrN2O2S2. The number of aryl methyl sites for hydroxylation is 2. The molecule has 0 aliphatic carbocycles. The highest BCUT2D eigenvalue weighted by atomic mass is 79.9. The maximum Gasteiger partial charge on any atom is 0.250 e. The highest BCUT2D eigenvalue weighted by molar-refractivity contribution is 9.11. The Kier molecular flexibility index (Phi) is 4.39. The molecule has 0 saturated carbocycles. The Hall–Kier alpha value is -0.760. The summed E-state index contributed by atoms with van der Waals surface area (Å²) < 4.78 is 27.9. The van der Waals surface area contributed by atoms with Crippen molar-refractivity contribution >= 4 is 37.3 Å². The van der Waals surface area contributed by atoms with Gasteiger partial charge in [-0.1, -0.05) is 6.07 Å². The molecule has 2 aromatic heterocycles. The molecule has 0 fully saturated rings. The molecule has 0 spiro atoms. The standard InChI is InChI=1S/C12H13BrN2O2S2/c1-8-6-11(18-12(8)13)19(16,17)14-7-10-5-3-4-9(2)15-10/h3-6,14H,7H2,1-2H3. The number of sulfonamides is 1. The first-order valence-corrected chi connectivity index (χ1v) is 8.66. The molecule has 0 bridgehead atoms. The van der Waals surface area contributed by atoms with Gasteiger partial charge in [0.05, 0.1) is 16.0 Å². The lowest BCUT2D eigenvalue weighted by atomic mass is 10.3. The molecule has 0 saturated heterocycles. The fraction of sp³-hybridized carbons (Fsp3) is 0.250. The maximum atomic E-state index is 12.1. The molecule has 0 aromatic carbocycles. The largest absolute Gasteiger partial charge is 0.257 e. The summed E-state index contributed by atoms with van der Waals surface area (Å²) in [5, 5.41) is 0. The van der Waals surface area contributed by atoms with E-state index < -0.39 is 10.0 Å². The highest BCUT2D eigenvalue weighted by Gasteiger charge is 2.18. The van der Waals surface area contributed by atoms with Crippen LogP contribution >= 0.6 is 27.3 Å². The third kappa shape index (κ3) is 3.62. The molecule has 2 rings (SSSR count). The molecule has 0 aliphatic rings. The predicted octanol–water partition coefficient (Wildman–Crippen LogP) is 3.00. The summed E-state index contributed by atoms with van der Waals surface area (Å²) in [7, 11) is -3.47. The minimum absolute atomic E-state index is 0.193. The Balaban J connectivity index is 2.14. The van der Waals surface area contributed by atoms with E-state index in [1.807, 2.05) is 26.0 Å². The van der Waals surface area contributed by atoms with Gasteiger partial charge in [-0.2, -0.15) is 0 Å². The second-order valence-corrected chi connectivity index (χ2v) is 8.48. The van der Waals surface area contributed by atoms with Gasteiger partial charge in [-0.05, 0) is 53.5 Å². The van der Waals surface area contributed by atoms with Crippen molar-refractivity contribution in [1.82, 2.24) is 9.71 Å². The van der Waals surface area contributed by atoms with E-state index in [2.05, 4.69) is 25.6 Å². The quantitative estimate of drug-likeness (QED) is 0.911. The number of rotatable bonds is 4. The van der Waals surface area contributed by atoms with Gasteiger partial charge in [-0.3, -0.25) is 4.98 Å². The fourth-order valence-electron chi connectivity index (χ4n) is 1.50. The van der Waals surface area contributed by atoms with Gasteiger partial charge in [-0.25, -0.2) is 13.1 Å². The molecule has 0 atom stereocenters. The lowest BCUT2D eigenvalue weighted by Gasteiger charge is -2.04. The topological polar surface area (TPSA) is 59.1 Å². The van der Waals surface area contributed by atoms with Crippen molar-refractivity contribution in [3.8, 4) is 0 Å². The first kappa shape index (κ1) is 14.6. The van der Waals surface area contributed by atoms with Crippen LogP contribution in [0.3, 0.4) is 0 Å². The molecule has 0 radical (unpaired) electrons. The van der Waals surface area contributed by atoms with E-state index in [0.717, 1.165) is 15.0 Å². The molecule has 2 aromatic rings. The highest BCUT2D eigenvalue weighted by Crippen LogP contribution is 2.30. The van der Waals surface area contributed by atoms with Crippen LogP contribution in [0.1, 0.15) is 17.0 Å². The SMILES string of the molecule is Cc1cccc(CNS(=O)(=O)c2cc(C)c(Br)s2)n1. The number of thiophene rings is 1. The lowest BCUT2D eigenvalue weighted by Crippen LogP contribution is -2.23. The third-order valence-electron chi connectivity index (χ3n) is 2.49. The van der Waals surface area contributed by atoms with Crippen LogP contribution in [-0.2, 0) is 16.6 Å².